The van der Waals surface area contributed by atoms with E-state index in [9.17, 15) is 4.79 Å². The maximum Gasteiger partial charge on any atom is 0.223 e. The Kier molecular flexibility index (Phi) is 7.35. The molecule has 1 aliphatic heterocycles. The van der Waals surface area contributed by atoms with Gasteiger partial charge in [-0.3, -0.25) is 4.79 Å². The van der Waals surface area contributed by atoms with Gasteiger partial charge in [-0.15, -0.1) is 11.8 Å². The predicted octanol–water partition coefficient (Wildman–Crippen LogP) is 4.99. The predicted molar refractivity (Wildman–Crippen MR) is 131 cm³/mol. The average Bonchev–Trinajstić information content (AvgIpc) is 3.23. The Morgan fingerprint density at radius 3 is 2.71 bits per heavy atom. The fourth-order valence-corrected chi connectivity index (χ4v) is 5.34. The highest BCUT2D eigenvalue weighted by Crippen LogP contribution is 2.33. The van der Waals surface area contributed by atoms with Crippen molar-refractivity contribution in [2.45, 2.75) is 31.1 Å². The van der Waals surface area contributed by atoms with E-state index in [0.717, 1.165) is 53.4 Å². The largest absolute Gasteiger partial charge is 0.494 e. The number of nitrogens with zero attached hydrogens (tertiary/aromatic N) is 2. The fraction of sp³-hybridized carbons (Fsp3) is 0.417. The molecular formula is C24H29N3O2S2. The number of piperidine rings is 1. The number of rotatable bonds is 8. The van der Waals surface area contributed by atoms with Crippen molar-refractivity contribution in [3.8, 4) is 5.75 Å². The van der Waals surface area contributed by atoms with E-state index in [1.165, 1.54) is 10.5 Å². The Balaban J connectivity index is 1.26. The number of thiazole rings is 1. The minimum atomic E-state index is 0.0917. The minimum Gasteiger partial charge on any atom is -0.494 e. The first-order valence-electron chi connectivity index (χ1n) is 10.8. The quantitative estimate of drug-likeness (QED) is 0.485. The standard InChI is InChI=1S/C24H29N3O2S2/c1-3-29-19-6-9-21-22(16-19)31-24(26-21)27-14-11-18(12-15-27)23(28)25-13-10-17-4-7-20(30-2)8-5-17/h4-9,16,18H,3,10-15H2,1-2H3,(H,25,28). The molecule has 4 rings (SSSR count). The number of nitrogens with one attached hydrogen (secondary N) is 1. The molecule has 0 spiro atoms. The van der Waals surface area contributed by atoms with Crippen LogP contribution in [-0.2, 0) is 11.2 Å². The number of amides is 1. The van der Waals surface area contributed by atoms with Gasteiger partial charge in [0.2, 0.25) is 5.91 Å². The van der Waals surface area contributed by atoms with Crippen molar-refractivity contribution in [1.29, 1.82) is 0 Å². The van der Waals surface area contributed by atoms with Crippen LogP contribution in [0.25, 0.3) is 10.2 Å². The lowest BCUT2D eigenvalue weighted by Crippen LogP contribution is -2.41. The van der Waals surface area contributed by atoms with E-state index >= 15 is 0 Å². The summed E-state index contributed by atoms with van der Waals surface area (Å²) in [5, 5.41) is 4.17. The van der Waals surface area contributed by atoms with Crippen molar-refractivity contribution >= 4 is 44.4 Å². The summed E-state index contributed by atoms with van der Waals surface area (Å²) >= 11 is 3.44. The number of anilines is 1. The molecule has 0 unspecified atom stereocenters. The average molecular weight is 456 g/mol. The number of benzene rings is 2. The number of hydrogen-bond donors (Lipinski definition) is 1. The van der Waals surface area contributed by atoms with Crippen molar-refractivity contribution in [1.82, 2.24) is 10.3 Å². The maximum absolute atomic E-state index is 12.6. The highest BCUT2D eigenvalue weighted by Gasteiger charge is 2.26. The van der Waals surface area contributed by atoms with Crippen molar-refractivity contribution in [3.63, 3.8) is 0 Å². The number of carbonyl (C=O) groups excluding carboxylic acids is 1. The summed E-state index contributed by atoms with van der Waals surface area (Å²) in [4.78, 5) is 21.0. The molecule has 1 saturated heterocycles. The van der Waals surface area contributed by atoms with E-state index in [2.05, 4.69) is 46.8 Å². The lowest BCUT2D eigenvalue weighted by molar-refractivity contribution is -0.125. The number of ether oxygens (including phenoxy) is 1. The summed E-state index contributed by atoms with van der Waals surface area (Å²) < 4.78 is 6.74. The molecule has 0 atom stereocenters. The number of hydrogen-bond acceptors (Lipinski definition) is 6. The van der Waals surface area contributed by atoms with E-state index in [0.29, 0.717) is 13.2 Å². The second-order valence-corrected chi connectivity index (χ2v) is 9.60. The zero-order valence-corrected chi connectivity index (χ0v) is 19.7. The van der Waals surface area contributed by atoms with Crippen LogP contribution in [0.1, 0.15) is 25.3 Å². The first-order chi connectivity index (χ1) is 15.2. The van der Waals surface area contributed by atoms with Crippen LogP contribution in [0.2, 0.25) is 0 Å². The van der Waals surface area contributed by atoms with E-state index in [4.69, 9.17) is 9.72 Å². The summed E-state index contributed by atoms with van der Waals surface area (Å²) in [7, 11) is 0. The van der Waals surface area contributed by atoms with Gasteiger partial charge in [0.25, 0.3) is 0 Å². The van der Waals surface area contributed by atoms with Gasteiger partial charge in [-0.05, 0) is 68.3 Å². The molecule has 7 heteroatoms. The zero-order chi connectivity index (χ0) is 21.6. The first-order valence-corrected chi connectivity index (χ1v) is 12.9. The SMILES string of the molecule is CCOc1ccc2nc(N3CCC(C(=O)NCCc4ccc(SC)cc4)CC3)sc2c1. The molecule has 2 aromatic carbocycles. The molecule has 1 aliphatic rings. The zero-order valence-electron chi connectivity index (χ0n) is 18.1. The van der Waals surface area contributed by atoms with E-state index in [1.54, 1.807) is 23.1 Å². The van der Waals surface area contributed by atoms with Gasteiger partial charge in [-0.1, -0.05) is 23.5 Å². The van der Waals surface area contributed by atoms with Crippen LogP contribution in [0, 0.1) is 5.92 Å². The lowest BCUT2D eigenvalue weighted by Gasteiger charge is -2.31. The molecule has 0 saturated carbocycles. The topological polar surface area (TPSA) is 54.5 Å². The van der Waals surface area contributed by atoms with E-state index < -0.39 is 0 Å². The van der Waals surface area contributed by atoms with Crippen LogP contribution < -0.4 is 15.0 Å². The molecule has 1 N–H and O–H groups in total. The third kappa shape index (κ3) is 5.52. The maximum atomic E-state index is 12.6. The van der Waals surface area contributed by atoms with Crippen LogP contribution in [0.15, 0.2) is 47.4 Å². The Bertz CT molecular complexity index is 1010. The van der Waals surface area contributed by atoms with Crippen molar-refractivity contribution in [3.05, 3.63) is 48.0 Å². The van der Waals surface area contributed by atoms with Gasteiger partial charge in [-0.25, -0.2) is 4.98 Å². The summed E-state index contributed by atoms with van der Waals surface area (Å²) in [5.74, 6) is 1.17. The number of aromatic nitrogens is 1. The molecular weight excluding hydrogens is 426 g/mol. The third-order valence-corrected chi connectivity index (χ3v) is 7.49. The molecule has 0 bridgehead atoms. The van der Waals surface area contributed by atoms with Gasteiger partial charge in [0.1, 0.15) is 5.75 Å². The summed E-state index contributed by atoms with van der Waals surface area (Å²) in [5.41, 5.74) is 2.27. The second-order valence-electron chi connectivity index (χ2n) is 7.71. The highest BCUT2D eigenvalue weighted by atomic mass is 32.2. The monoisotopic (exact) mass is 455 g/mol. The van der Waals surface area contributed by atoms with Gasteiger partial charge in [-0.2, -0.15) is 0 Å². The van der Waals surface area contributed by atoms with Crippen LogP contribution in [0.4, 0.5) is 5.13 Å². The van der Waals surface area contributed by atoms with Gasteiger partial charge in [0, 0.05) is 30.4 Å². The van der Waals surface area contributed by atoms with Gasteiger partial charge in [0.05, 0.1) is 16.8 Å². The Hall–Kier alpha value is -2.25. The van der Waals surface area contributed by atoms with Gasteiger partial charge < -0.3 is 15.0 Å². The lowest BCUT2D eigenvalue weighted by atomic mass is 9.96. The van der Waals surface area contributed by atoms with Crippen LogP contribution in [0.5, 0.6) is 5.75 Å². The van der Waals surface area contributed by atoms with Crippen molar-refractivity contribution < 1.29 is 9.53 Å². The molecule has 1 aromatic heterocycles. The van der Waals surface area contributed by atoms with E-state index in [1.807, 2.05) is 19.1 Å². The normalized spacial score (nSPS) is 14.7. The number of carbonyl (C=O) groups is 1. The Labute approximate surface area is 192 Å². The molecule has 1 fully saturated rings. The molecule has 2 heterocycles. The van der Waals surface area contributed by atoms with Gasteiger partial charge >= 0.3 is 0 Å². The molecule has 0 aliphatic carbocycles. The smallest absolute Gasteiger partial charge is 0.223 e. The molecule has 164 valence electrons. The molecule has 3 aromatic rings. The Morgan fingerprint density at radius 2 is 2.00 bits per heavy atom. The fourth-order valence-electron chi connectivity index (χ4n) is 3.88. The van der Waals surface area contributed by atoms with Gasteiger partial charge in [0.15, 0.2) is 5.13 Å². The van der Waals surface area contributed by atoms with Crippen molar-refractivity contribution in [2.75, 3.05) is 37.4 Å². The summed E-state index contributed by atoms with van der Waals surface area (Å²) in [6, 6.07) is 14.6. The van der Waals surface area contributed by atoms with Crippen LogP contribution in [0.3, 0.4) is 0 Å². The first kappa shape index (κ1) is 22.0. The highest BCUT2D eigenvalue weighted by molar-refractivity contribution is 7.98. The van der Waals surface area contributed by atoms with Crippen LogP contribution in [-0.4, -0.2) is 43.4 Å². The van der Waals surface area contributed by atoms with Crippen LogP contribution >= 0.6 is 23.1 Å². The second kappa shape index (κ2) is 10.4. The number of thioether (sulfide) groups is 1. The minimum absolute atomic E-state index is 0.0917. The molecule has 5 nitrogen and oxygen atoms in total. The molecule has 1 amide bonds. The molecule has 31 heavy (non-hydrogen) atoms. The Morgan fingerprint density at radius 1 is 1.23 bits per heavy atom. The summed E-state index contributed by atoms with van der Waals surface area (Å²) in [6.45, 7) is 5.08. The summed E-state index contributed by atoms with van der Waals surface area (Å²) in [6.07, 6.45) is 4.69. The molecule has 0 radical (unpaired) electrons. The van der Waals surface area contributed by atoms with Crippen molar-refractivity contribution in [2.24, 2.45) is 5.92 Å². The van der Waals surface area contributed by atoms with E-state index in [-0.39, 0.29) is 11.8 Å². The third-order valence-electron chi connectivity index (χ3n) is 5.67. The number of fused-ring (bicyclic) bond motifs is 1.